The molecular weight excluding hydrogens is 436 g/mol. The number of methoxy groups -OCH3 is 1. The van der Waals surface area contributed by atoms with Crippen molar-refractivity contribution in [2.24, 2.45) is 45.8 Å². The number of ether oxygens (including phenoxy) is 2. The molecule has 0 aromatic rings. The molecule has 1 aliphatic heterocycles. The lowest BCUT2D eigenvalue weighted by Gasteiger charge is -2.67. The largest absolute Gasteiger partial charge is 0.469 e. The monoisotopic (exact) mass is 490 g/mol. The van der Waals surface area contributed by atoms with Crippen molar-refractivity contribution in [3.05, 3.63) is 0 Å². The Labute approximate surface area is 215 Å². The summed E-state index contributed by atoms with van der Waals surface area (Å²) >= 11 is 0. The summed E-state index contributed by atoms with van der Waals surface area (Å²) in [4.78, 5) is 12.2. The van der Waals surface area contributed by atoms with Crippen LogP contribution in [0, 0.1) is 45.8 Å². The number of carbonyl (C=O) groups excluding carboxylic acids is 1. The molecule has 0 amide bonds. The van der Waals surface area contributed by atoms with Gasteiger partial charge in [-0.2, -0.15) is 0 Å². The van der Waals surface area contributed by atoms with Crippen molar-refractivity contribution in [2.75, 3.05) is 7.11 Å². The van der Waals surface area contributed by atoms with Crippen LogP contribution in [0.2, 0.25) is 0 Å². The molecule has 0 radical (unpaired) electrons. The summed E-state index contributed by atoms with van der Waals surface area (Å²) in [5, 5.41) is 10.6. The molecule has 35 heavy (non-hydrogen) atoms. The molecule has 0 unspecified atom stereocenters. The van der Waals surface area contributed by atoms with Gasteiger partial charge in [-0.3, -0.25) is 4.79 Å². The molecule has 9 atom stereocenters. The summed E-state index contributed by atoms with van der Waals surface area (Å²) in [5.74, 6) is 3.12. The van der Waals surface area contributed by atoms with Gasteiger partial charge in [0.05, 0.1) is 24.4 Å². The minimum atomic E-state index is -0.778. The zero-order valence-corrected chi connectivity index (χ0v) is 24.2. The van der Waals surface area contributed by atoms with Gasteiger partial charge in [0.2, 0.25) is 0 Å². The second kappa shape index (κ2) is 9.00. The predicted molar refractivity (Wildman–Crippen MR) is 141 cm³/mol. The van der Waals surface area contributed by atoms with Crippen molar-refractivity contribution >= 4 is 5.97 Å². The number of aliphatic hydroxyl groups is 1. The van der Waals surface area contributed by atoms with Crippen LogP contribution in [0.5, 0.6) is 0 Å². The van der Waals surface area contributed by atoms with Gasteiger partial charge in [-0.1, -0.05) is 34.6 Å². The van der Waals surface area contributed by atoms with Crippen molar-refractivity contribution < 1.29 is 19.4 Å². The van der Waals surface area contributed by atoms with Crippen LogP contribution in [0.1, 0.15) is 120 Å². The van der Waals surface area contributed by atoms with Gasteiger partial charge < -0.3 is 14.6 Å². The second-order valence-electron chi connectivity index (χ2n) is 14.8. The third-order valence-corrected chi connectivity index (χ3v) is 12.5. The van der Waals surface area contributed by atoms with Gasteiger partial charge in [0.1, 0.15) is 0 Å². The fourth-order valence-corrected chi connectivity index (χ4v) is 10.4. The highest BCUT2D eigenvalue weighted by Gasteiger charge is 2.68. The Morgan fingerprint density at radius 2 is 1.63 bits per heavy atom. The Morgan fingerprint density at radius 1 is 0.971 bits per heavy atom. The third-order valence-electron chi connectivity index (χ3n) is 12.5. The molecular formula is C31H54O4. The molecule has 1 saturated heterocycles. The average molecular weight is 491 g/mol. The third kappa shape index (κ3) is 4.21. The summed E-state index contributed by atoms with van der Waals surface area (Å²) in [7, 11) is 1.52. The Bertz CT molecular complexity index is 800. The Morgan fingerprint density at radius 3 is 2.20 bits per heavy atom. The zero-order valence-electron chi connectivity index (χ0n) is 24.2. The van der Waals surface area contributed by atoms with Crippen molar-refractivity contribution in [3.63, 3.8) is 0 Å². The van der Waals surface area contributed by atoms with Gasteiger partial charge in [0.15, 0.2) is 0 Å². The molecule has 0 aromatic carbocycles. The first-order valence-corrected chi connectivity index (χ1v) is 14.6. The molecule has 0 aromatic heterocycles. The van der Waals surface area contributed by atoms with E-state index in [1.54, 1.807) is 0 Å². The summed E-state index contributed by atoms with van der Waals surface area (Å²) in [6, 6.07) is 0. The van der Waals surface area contributed by atoms with Gasteiger partial charge in [-0.15, -0.1) is 0 Å². The lowest BCUT2D eigenvalue weighted by Crippen LogP contribution is -2.60. The highest BCUT2D eigenvalue weighted by Crippen LogP contribution is 2.74. The van der Waals surface area contributed by atoms with Gasteiger partial charge in [0.25, 0.3) is 0 Å². The molecule has 1 N–H and O–H groups in total. The van der Waals surface area contributed by atoms with Crippen LogP contribution >= 0.6 is 0 Å². The van der Waals surface area contributed by atoms with E-state index in [9.17, 15) is 9.90 Å². The van der Waals surface area contributed by atoms with E-state index in [1.165, 1.54) is 45.6 Å². The van der Waals surface area contributed by atoms with Crippen molar-refractivity contribution in [1.29, 1.82) is 0 Å². The maximum Gasteiger partial charge on any atom is 0.305 e. The van der Waals surface area contributed by atoms with Crippen molar-refractivity contribution in [2.45, 2.75) is 137 Å². The Kier molecular flexibility index (Phi) is 7.05. The summed E-state index contributed by atoms with van der Waals surface area (Å²) < 4.78 is 11.8. The standard InChI is InChI=1S/C31H54O4/c1-20(2)21-12-18-30(7)24(28(21,5)16-15-26(32)34-9)11-10-22-23(13-17-29(22,30)6)31(8)19-14-25(35-31)27(3,4)33/h20-25,33H,10-19H2,1-9H3/t21-,22+,23-,24+,25-,28-,29+,30+,31-/m0/s1. The van der Waals surface area contributed by atoms with Crippen LogP contribution in [0.3, 0.4) is 0 Å². The normalized spacial score (nSPS) is 48.0. The minimum Gasteiger partial charge on any atom is -0.469 e. The number of esters is 1. The number of rotatable bonds is 6. The minimum absolute atomic E-state index is 0.0606. The smallest absolute Gasteiger partial charge is 0.305 e. The van der Waals surface area contributed by atoms with Crippen LogP contribution in [-0.4, -0.2) is 35.5 Å². The summed E-state index contributed by atoms with van der Waals surface area (Å²) in [5.41, 5.74) is -0.152. The first-order chi connectivity index (χ1) is 16.1. The van der Waals surface area contributed by atoms with Gasteiger partial charge in [0, 0.05) is 6.42 Å². The van der Waals surface area contributed by atoms with E-state index < -0.39 is 5.60 Å². The second-order valence-corrected chi connectivity index (χ2v) is 14.8. The molecule has 1 heterocycles. The molecule has 4 heteroatoms. The Hall–Kier alpha value is -0.610. The first-order valence-electron chi connectivity index (χ1n) is 14.6. The van der Waals surface area contributed by atoms with Gasteiger partial charge in [-0.05, 0) is 124 Å². The topological polar surface area (TPSA) is 55.8 Å². The highest BCUT2D eigenvalue weighted by molar-refractivity contribution is 5.69. The molecule has 0 spiro atoms. The van der Waals surface area contributed by atoms with Crippen molar-refractivity contribution in [1.82, 2.24) is 0 Å². The lowest BCUT2D eigenvalue weighted by atomic mass is 9.38. The van der Waals surface area contributed by atoms with Crippen LogP contribution in [0.4, 0.5) is 0 Å². The van der Waals surface area contributed by atoms with Crippen LogP contribution < -0.4 is 0 Å². The fraction of sp³-hybridized carbons (Fsp3) is 0.968. The number of hydrogen-bond donors (Lipinski definition) is 1. The molecule has 4 nitrogen and oxygen atoms in total. The van der Waals surface area contributed by atoms with Gasteiger partial charge in [-0.25, -0.2) is 0 Å². The van der Waals surface area contributed by atoms with E-state index in [4.69, 9.17) is 9.47 Å². The lowest BCUT2D eigenvalue weighted by molar-refractivity contribution is -0.196. The first kappa shape index (κ1) is 27.4. The summed E-state index contributed by atoms with van der Waals surface area (Å²) in [6.45, 7) is 18.7. The summed E-state index contributed by atoms with van der Waals surface area (Å²) in [6.07, 6.45) is 11.1. The molecule has 3 aliphatic carbocycles. The number of hydrogen-bond acceptors (Lipinski definition) is 4. The zero-order chi connectivity index (χ0) is 26.0. The van der Waals surface area contributed by atoms with E-state index in [-0.39, 0.29) is 28.5 Å². The van der Waals surface area contributed by atoms with Crippen LogP contribution in [0.15, 0.2) is 0 Å². The molecule has 3 saturated carbocycles. The molecule has 4 fully saturated rings. The van der Waals surface area contributed by atoms with Crippen LogP contribution in [-0.2, 0) is 14.3 Å². The SMILES string of the molecule is COC(=O)CC[C@]1(C)[C@H]2CC[C@@H]3[C@@H]([C@]4(C)CC[C@@H](C(C)(C)O)O4)CC[C@@]3(C)[C@]2(C)CC[C@H]1C(C)C. The predicted octanol–water partition coefficient (Wildman–Crippen LogP) is 7.17. The van der Waals surface area contributed by atoms with E-state index in [2.05, 4.69) is 41.5 Å². The maximum atomic E-state index is 12.2. The molecule has 4 rings (SSSR count). The van der Waals surface area contributed by atoms with E-state index in [0.717, 1.165) is 19.3 Å². The quantitative estimate of drug-likeness (QED) is 0.401. The fourth-order valence-electron chi connectivity index (χ4n) is 10.4. The Balaban J connectivity index is 1.63. The average Bonchev–Trinajstić information content (AvgIpc) is 3.34. The van der Waals surface area contributed by atoms with E-state index >= 15 is 0 Å². The maximum absolute atomic E-state index is 12.2. The molecule has 4 aliphatic rings. The molecule has 202 valence electrons. The van der Waals surface area contributed by atoms with E-state index in [1.807, 2.05) is 13.8 Å². The highest BCUT2D eigenvalue weighted by atomic mass is 16.5. The van der Waals surface area contributed by atoms with Crippen LogP contribution in [0.25, 0.3) is 0 Å². The number of carbonyl (C=O) groups is 1. The van der Waals surface area contributed by atoms with Gasteiger partial charge >= 0.3 is 5.97 Å². The van der Waals surface area contributed by atoms with E-state index in [0.29, 0.717) is 41.4 Å². The number of fused-ring (bicyclic) bond motifs is 3. The molecule has 0 bridgehead atoms. The van der Waals surface area contributed by atoms with Crippen molar-refractivity contribution in [3.8, 4) is 0 Å².